The first-order chi connectivity index (χ1) is 8.83. The Kier molecular flexibility index (Phi) is 6.74. The predicted octanol–water partition coefficient (Wildman–Crippen LogP) is 4.23. The van der Waals surface area contributed by atoms with Crippen LogP contribution in [0.5, 0.6) is 0 Å². The molecule has 0 radical (unpaired) electrons. The van der Waals surface area contributed by atoms with Gasteiger partial charge in [-0.15, -0.1) is 0 Å². The molecule has 2 nitrogen and oxygen atoms in total. The van der Waals surface area contributed by atoms with Crippen LogP contribution in [0.3, 0.4) is 0 Å². The van der Waals surface area contributed by atoms with E-state index in [1.165, 1.54) is 6.42 Å². The molecule has 18 heavy (non-hydrogen) atoms. The van der Waals surface area contributed by atoms with Crippen LogP contribution < -0.4 is 0 Å². The Morgan fingerprint density at radius 2 is 1.61 bits per heavy atom. The summed E-state index contributed by atoms with van der Waals surface area (Å²) < 4.78 is 5.46. The van der Waals surface area contributed by atoms with Crippen molar-refractivity contribution in [3.8, 4) is 0 Å². The van der Waals surface area contributed by atoms with E-state index >= 15 is 0 Å². The Hall–Kier alpha value is -1.67. The molecule has 2 rings (SSSR count). The minimum absolute atomic E-state index is 0.0765. The second-order valence-corrected chi connectivity index (χ2v) is 3.99. The average Bonchev–Trinajstić information content (AvgIpc) is 2.43. The summed E-state index contributed by atoms with van der Waals surface area (Å²) in [6, 6.07) is 15.9. The van der Waals surface area contributed by atoms with Gasteiger partial charge in [0.2, 0.25) is 0 Å². The second-order valence-electron chi connectivity index (χ2n) is 3.99. The van der Waals surface area contributed by atoms with Crippen LogP contribution >= 0.6 is 0 Å². The fraction of sp³-hybridized carbons (Fsp3) is 0.312. The Balaban J connectivity index is 0.000000492. The summed E-state index contributed by atoms with van der Waals surface area (Å²) in [7, 11) is 1.70. The maximum absolute atomic E-state index is 5.46. The number of rotatable bonds is 3. The van der Waals surface area contributed by atoms with E-state index in [9.17, 15) is 0 Å². The van der Waals surface area contributed by atoms with E-state index in [4.69, 9.17) is 4.74 Å². The van der Waals surface area contributed by atoms with E-state index in [0.29, 0.717) is 0 Å². The molecule has 0 bridgehead atoms. The molecule has 0 N–H and O–H groups in total. The van der Waals surface area contributed by atoms with Crippen molar-refractivity contribution >= 4 is 0 Å². The zero-order chi connectivity index (χ0) is 13.2. The highest BCUT2D eigenvalue weighted by Crippen LogP contribution is 2.22. The third-order valence-corrected chi connectivity index (χ3v) is 2.29. The van der Waals surface area contributed by atoms with Crippen molar-refractivity contribution in [3.63, 3.8) is 0 Å². The van der Waals surface area contributed by atoms with Crippen LogP contribution in [0.4, 0.5) is 0 Å². The van der Waals surface area contributed by atoms with E-state index in [0.717, 1.165) is 11.3 Å². The monoisotopic (exact) mass is 243 g/mol. The van der Waals surface area contributed by atoms with Gasteiger partial charge in [-0.3, -0.25) is 4.98 Å². The Morgan fingerprint density at radius 3 is 2.11 bits per heavy atom. The standard InChI is InChI=1S/C13H13NO.C3H8/c1-15-13(11-7-3-2-4-8-11)12-9-5-6-10-14-12;1-3-2/h2-10,13H,1H3;3H2,1-2H3. The van der Waals surface area contributed by atoms with Gasteiger partial charge < -0.3 is 4.74 Å². The zero-order valence-electron chi connectivity index (χ0n) is 11.3. The van der Waals surface area contributed by atoms with Gasteiger partial charge in [0.15, 0.2) is 0 Å². The van der Waals surface area contributed by atoms with Crippen LogP contribution in [0.2, 0.25) is 0 Å². The Morgan fingerprint density at radius 1 is 1.00 bits per heavy atom. The molecule has 2 aromatic rings. The highest BCUT2D eigenvalue weighted by Gasteiger charge is 2.12. The summed E-state index contributed by atoms with van der Waals surface area (Å²) in [6.07, 6.45) is 2.96. The smallest absolute Gasteiger partial charge is 0.124 e. The first-order valence-electron chi connectivity index (χ1n) is 6.32. The highest BCUT2D eigenvalue weighted by molar-refractivity contribution is 5.25. The molecule has 1 aromatic heterocycles. The summed E-state index contributed by atoms with van der Waals surface area (Å²) in [5, 5.41) is 0. The first-order valence-corrected chi connectivity index (χ1v) is 6.32. The molecule has 0 saturated carbocycles. The molecule has 1 heterocycles. The number of pyridine rings is 1. The molecule has 2 heteroatoms. The van der Waals surface area contributed by atoms with Crippen molar-refractivity contribution in [2.24, 2.45) is 0 Å². The number of nitrogens with zero attached hydrogens (tertiary/aromatic N) is 1. The number of hydrogen-bond donors (Lipinski definition) is 0. The number of benzene rings is 1. The minimum atomic E-state index is -0.0765. The van der Waals surface area contributed by atoms with E-state index in [2.05, 4.69) is 18.8 Å². The predicted molar refractivity (Wildman–Crippen MR) is 75.5 cm³/mol. The quantitative estimate of drug-likeness (QED) is 0.804. The van der Waals surface area contributed by atoms with Gasteiger partial charge in [-0.2, -0.15) is 0 Å². The van der Waals surface area contributed by atoms with Gasteiger partial charge in [-0.25, -0.2) is 0 Å². The molecule has 0 saturated heterocycles. The fourth-order valence-electron chi connectivity index (χ4n) is 1.59. The van der Waals surface area contributed by atoms with Crippen molar-refractivity contribution < 1.29 is 4.74 Å². The maximum Gasteiger partial charge on any atom is 0.124 e. The van der Waals surface area contributed by atoms with Crippen LogP contribution in [0, 0.1) is 0 Å². The topological polar surface area (TPSA) is 22.1 Å². The molecule has 96 valence electrons. The fourth-order valence-corrected chi connectivity index (χ4v) is 1.59. The lowest BCUT2D eigenvalue weighted by molar-refractivity contribution is 0.133. The summed E-state index contributed by atoms with van der Waals surface area (Å²) >= 11 is 0. The Bertz CT molecular complexity index is 374. The number of methoxy groups -OCH3 is 1. The van der Waals surface area contributed by atoms with Crippen LogP contribution in [-0.2, 0) is 4.74 Å². The lowest BCUT2D eigenvalue weighted by atomic mass is 10.1. The van der Waals surface area contributed by atoms with Gasteiger partial charge in [0.25, 0.3) is 0 Å². The molecule has 0 amide bonds. The van der Waals surface area contributed by atoms with E-state index < -0.39 is 0 Å². The lowest BCUT2D eigenvalue weighted by Gasteiger charge is -2.14. The van der Waals surface area contributed by atoms with Gasteiger partial charge >= 0.3 is 0 Å². The molecule has 1 unspecified atom stereocenters. The molecule has 0 spiro atoms. The number of hydrogen-bond acceptors (Lipinski definition) is 2. The van der Waals surface area contributed by atoms with Crippen molar-refractivity contribution in [2.75, 3.05) is 7.11 Å². The van der Waals surface area contributed by atoms with Crippen LogP contribution in [0.15, 0.2) is 54.7 Å². The van der Waals surface area contributed by atoms with Gasteiger partial charge in [-0.05, 0) is 17.7 Å². The number of aromatic nitrogens is 1. The molecule has 0 aliphatic heterocycles. The van der Waals surface area contributed by atoms with Gasteiger partial charge in [-0.1, -0.05) is 56.7 Å². The molecular formula is C16H21NO. The largest absolute Gasteiger partial charge is 0.370 e. The van der Waals surface area contributed by atoms with Crippen molar-refractivity contribution in [1.82, 2.24) is 4.98 Å². The summed E-state index contributed by atoms with van der Waals surface area (Å²) in [5.41, 5.74) is 2.06. The van der Waals surface area contributed by atoms with Crippen molar-refractivity contribution in [3.05, 3.63) is 66.0 Å². The van der Waals surface area contributed by atoms with E-state index in [1.54, 1.807) is 13.3 Å². The molecule has 0 aliphatic rings. The maximum atomic E-state index is 5.46. The summed E-state index contributed by atoms with van der Waals surface area (Å²) in [5.74, 6) is 0. The zero-order valence-corrected chi connectivity index (χ0v) is 11.3. The summed E-state index contributed by atoms with van der Waals surface area (Å²) in [4.78, 5) is 4.30. The summed E-state index contributed by atoms with van der Waals surface area (Å²) in [6.45, 7) is 4.25. The molecular weight excluding hydrogens is 222 g/mol. The SMILES string of the molecule is CCC.COC(c1ccccc1)c1ccccn1. The van der Waals surface area contributed by atoms with Gasteiger partial charge in [0, 0.05) is 13.3 Å². The third-order valence-electron chi connectivity index (χ3n) is 2.29. The second kappa shape index (κ2) is 8.43. The van der Waals surface area contributed by atoms with Crippen LogP contribution in [-0.4, -0.2) is 12.1 Å². The normalized spacial score (nSPS) is 11.3. The average molecular weight is 243 g/mol. The van der Waals surface area contributed by atoms with Gasteiger partial charge in [0.1, 0.15) is 6.10 Å². The minimum Gasteiger partial charge on any atom is -0.370 e. The number of ether oxygens (including phenoxy) is 1. The molecule has 0 aliphatic carbocycles. The van der Waals surface area contributed by atoms with E-state index in [1.807, 2.05) is 48.5 Å². The van der Waals surface area contributed by atoms with Crippen LogP contribution in [0.25, 0.3) is 0 Å². The molecule has 1 aromatic carbocycles. The lowest BCUT2D eigenvalue weighted by Crippen LogP contribution is -2.04. The highest BCUT2D eigenvalue weighted by atomic mass is 16.5. The first kappa shape index (κ1) is 14.4. The Labute approximate surface area is 110 Å². The molecule has 0 fully saturated rings. The van der Waals surface area contributed by atoms with Crippen molar-refractivity contribution in [1.29, 1.82) is 0 Å². The third kappa shape index (κ3) is 4.30. The van der Waals surface area contributed by atoms with Gasteiger partial charge in [0.05, 0.1) is 5.69 Å². The van der Waals surface area contributed by atoms with E-state index in [-0.39, 0.29) is 6.10 Å². The van der Waals surface area contributed by atoms with Crippen LogP contribution in [0.1, 0.15) is 37.6 Å². The molecule has 1 atom stereocenters. The van der Waals surface area contributed by atoms with Crippen molar-refractivity contribution in [2.45, 2.75) is 26.4 Å².